The third kappa shape index (κ3) is 3.04. The van der Waals surface area contributed by atoms with Gasteiger partial charge in [0.05, 0.1) is 0 Å². The van der Waals surface area contributed by atoms with Crippen LogP contribution in [0.1, 0.15) is 31.7 Å². The van der Waals surface area contributed by atoms with Crippen molar-refractivity contribution in [3.05, 3.63) is 30.1 Å². The topological polar surface area (TPSA) is 3.88 Å². The molecular formula is C11H18N+. The predicted molar refractivity (Wildman–Crippen MR) is 50.9 cm³/mol. The van der Waals surface area contributed by atoms with Crippen LogP contribution >= 0.6 is 0 Å². The van der Waals surface area contributed by atoms with Crippen molar-refractivity contribution in [3.63, 3.8) is 0 Å². The van der Waals surface area contributed by atoms with E-state index >= 15 is 0 Å². The Balaban J connectivity index is 2.37. The van der Waals surface area contributed by atoms with Crippen molar-refractivity contribution in [2.24, 2.45) is 0 Å². The fourth-order valence-electron chi connectivity index (χ4n) is 1.23. The summed E-state index contributed by atoms with van der Waals surface area (Å²) in [5, 5.41) is 0. The van der Waals surface area contributed by atoms with E-state index in [-0.39, 0.29) is 0 Å². The Morgan fingerprint density at radius 1 is 1.17 bits per heavy atom. The standard InChI is InChI=1S/C11H18N/c1-3-4-5-8-12-9-6-11(2)7-10-12/h6-7,9-10H,3-5,8H2,1-2H3/q+1. The molecule has 0 amide bonds. The highest BCUT2D eigenvalue weighted by Crippen LogP contribution is 1.94. The molecule has 1 heterocycles. The van der Waals surface area contributed by atoms with Gasteiger partial charge in [-0.25, -0.2) is 4.57 Å². The number of unbranched alkanes of at least 4 members (excludes halogenated alkanes) is 2. The second kappa shape index (κ2) is 4.91. The molecule has 0 saturated carbocycles. The summed E-state index contributed by atoms with van der Waals surface area (Å²) in [4.78, 5) is 0. The zero-order chi connectivity index (χ0) is 8.81. The molecule has 66 valence electrons. The Bertz CT molecular complexity index is 213. The highest BCUT2D eigenvalue weighted by atomic mass is 14.9. The number of hydrogen-bond donors (Lipinski definition) is 0. The minimum absolute atomic E-state index is 1.16. The first-order valence-electron chi connectivity index (χ1n) is 4.78. The third-order valence-electron chi connectivity index (χ3n) is 2.08. The summed E-state index contributed by atoms with van der Waals surface area (Å²) >= 11 is 0. The van der Waals surface area contributed by atoms with Crippen LogP contribution in [0.4, 0.5) is 0 Å². The average Bonchev–Trinajstić information content (AvgIpc) is 2.09. The molecule has 1 aromatic rings. The van der Waals surface area contributed by atoms with Crippen LogP contribution in [-0.2, 0) is 6.54 Å². The Labute approximate surface area is 75.1 Å². The van der Waals surface area contributed by atoms with E-state index in [0.29, 0.717) is 0 Å². The molecular weight excluding hydrogens is 146 g/mol. The lowest BCUT2D eigenvalue weighted by atomic mass is 10.2. The minimum atomic E-state index is 1.16. The number of aryl methyl sites for hydroxylation is 2. The van der Waals surface area contributed by atoms with Crippen molar-refractivity contribution in [3.8, 4) is 0 Å². The lowest BCUT2D eigenvalue weighted by molar-refractivity contribution is -0.697. The van der Waals surface area contributed by atoms with Gasteiger partial charge >= 0.3 is 0 Å². The van der Waals surface area contributed by atoms with Crippen LogP contribution in [0.5, 0.6) is 0 Å². The van der Waals surface area contributed by atoms with Crippen molar-refractivity contribution in [1.82, 2.24) is 0 Å². The van der Waals surface area contributed by atoms with Gasteiger partial charge in [-0.3, -0.25) is 0 Å². The summed E-state index contributed by atoms with van der Waals surface area (Å²) in [7, 11) is 0. The second-order valence-electron chi connectivity index (χ2n) is 3.32. The van der Waals surface area contributed by atoms with Crippen molar-refractivity contribution in [1.29, 1.82) is 0 Å². The lowest BCUT2D eigenvalue weighted by Crippen LogP contribution is -2.32. The van der Waals surface area contributed by atoms with E-state index in [9.17, 15) is 0 Å². The van der Waals surface area contributed by atoms with Crippen molar-refractivity contribution >= 4 is 0 Å². The lowest BCUT2D eigenvalue weighted by Gasteiger charge is -1.95. The van der Waals surface area contributed by atoms with E-state index in [1.165, 1.54) is 24.8 Å². The van der Waals surface area contributed by atoms with Crippen molar-refractivity contribution < 1.29 is 4.57 Å². The molecule has 0 aliphatic carbocycles. The third-order valence-corrected chi connectivity index (χ3v) is 2.08. The van der Waals surface area contributed by atoms with Crippen LogP contribution in [0, 0.1) is 6.92 Å². The Morgan fingerprint density at radius 3 is 2.42 bits per heavy atom. The maximum absolute atomic E-state index is 2.25. The molecule has 0 radical (unpaired) electrons. The van der Waals surface area contributed by atoms with Gasteiger partial charge in [-0.05, 0) is 18.9 Å². The zero-order valence-electron chi connectivity index (χ0n) is 8.09. The van der Waals surface area contributed by atoms with Gasteiger partial charge in [0.1, 0.15) is 6.54 Å². The summed E-state index contributed by atoms with van der Waals surface area (Å²) < 4.78 is 2.25. The molecule has 0 N–H and O–H groups in total. The van der Waals surface area contributed by atoms with Crippen LogP contribution in [0.3, 0.4) is 0 Å². The summed E-state index contributed by atoms with van der Waals surface area (Å²) in [6.45, 7) is 5.52. The average molecular weight is 164 g/mol. The molecule has 12 heavy (non-hydrogen) atoms. The fourth-order valence-corrected chi connectivity index (χ4v) is 1.23. The predicted octanol–water partition coefficient (Wildman–Crippen LogP) is 2.47. The normalized spacial score (nSPS) is 10.2. The van der Waals surface area contributed by atoms with Crippen LogP contribution < -0.4 is 4.57 Å². The number of aromatic nitrogens is 1. The van der Waals surface area contributed by atoms with Crippen molar-refractivity contribution in [2.45, 2.75) is 39.7 Å². The van der Waals surface area contributed by atoms with Gasteiger partial charge < -0.3 is 0 Å². The number of pyridine rings is 1. The molecule has 0 aromatic carbocycles. The van der Waals surface area contributed by atoms with E-state index in [4.69, 9.17) is 0 Å². The molecule has 0 spiro atoms. The molecule has 1 nitrogen and oxygen atoms in total. The van der Waals surface area contributed by atoms with Crippen LogP contribution in [-0.4, -0.2) is 0 Å². The zero-order valence-corrected chi connectivity index (χ0v) is 8.09. The molecule has 1 heteroatoms. The van der Waals surface area contributed by atoms with Gasteiger partial charge in [0.2, 0.25) is 0 Å². The van der Waals surface area contributed by atoms with E-state index in [0.717, 1.165) is 6.54 Å². The maximum atomic E-state index is 2.25. The van der Waals surface area contributed by atoms with Gasteiger partial charge in [0.25, 0.3) is 0 Å². The molecule has 0 saturated heterocycles. The first-order chi connectivity index (χ1) is 5.83. The molecule has 0 unspecified atom stereocenters. The smallest absolute Gasteiger partial charge is 0.169 e. The molecule has 1 aromatic heterocycles. The molecule has 0 atom stereocenters. The highest BCUT2D eigenvalue weighted by Gasteiger charge is 1.97. The Kier molecular flexibility index (Phi) is 3.78. The van der Waals surface area contributed by atoms with E-state index < -0.39 is 0 Å². The van der Waals surface area contributed by atoms with Crippen LogP contribution in [0.15, 0.2) is 24.5 Å². The summed E-state index contributed by atoms with van der Waals surface area (Å²) in [5.41, 5.74) is 1.33. The highest BCUT2D eigenvalue weighted by molar-refractivity contribution is 5.03. The summed E-state index contributed by atoms with van der Waals surface area (Å²) in [6, 6.07) is 4.32. The van der Waals surface area contributed by atoms with E-state index in [1.807, 2.05) is 0 Å². The fraction of sp³-hybridized carbons (Fsp3) is 0.545. The van der Waals surface area contributed by atoms with Crippen molar-refractivity contribution in [2.75, 3.05) is 0 Å². The molecule has 0 aliphatic rings. The van der Waals surface area contributed by atoms with Gasteiger partial charge in [-0.15, -0.1) is 0 Å². The summed E-state index contributed by atoms with van der Waals surface area (Å²) in [5.74, 6) is 0. The van der Waals surface area contributed by atoms with Gasteiger partial charge in [0, 0.05) is 18.6 Å². The largest absolute Gasteiger partial charge is 0.205 e. The van der Waals surface area contributed by atoms with E-state index in [1.54, 1.807) is 0 Å². The molecule has 1 rings (SSSR count). The van der Waals surface area contributed by atoms with E-state index in [2.05, 4.69) is 42.9 Å². The monoisotopic (exact) mass is 164 g/mol. The van der Waals surface area contributed by atoms with Gasteiger partial charge in [-0.2, -0.15) is 0 Å². The molecule has 0 aliphatic heterocycles. The van der Waals surface area contributed by atoms with Gasteiger partial charge in [-0.1, -0.05) is 13.3 Å². The maximum Gasteiger partial charge on any atom is 0.169 e. The second-order valence-corrected chi connectivity index (χ2v) is 3.32. The number of hydrogen-bond acceptors (Lipinski definition) is 0. The molecule has 0 fully saturated rings. The molecule has 0 bridgehead atoms. The van der Waals surface area contributed by atoms with Crippen LogP contribution in [0.2, 0.25) is 0 Å². The number of rotatable bonds is 4. The van der Waals surface area contributed by atoms with Gasteiger partial charge in [0.15, 0.2) is 12.4 Å². The number of nitrogens with zero attached hydrogens (tertiary/aromatic N) is 1. The first kappa shape index (κ1) is 9.24. The minimum Gasteiger partial charge on any atom is -0.205 e. The Hall–Kier alpha value is -0.850. The van der Waals surface area contributed by atoms with Crippen LogP contribution in [0.25, 0.3) is 0 Å². The Morgan fingerprint density at radius 2 is 1.83 bits per heavy atom. The quantitative estimate of drug-likeness (QED) is 0.475. The SMILES string of the molecule is CCCCC[n+]1ccc(C)cc1. The first-order valence-corrected chi connectivity index (χ1v) is 4.78. The summed E-state index contributed by atoms with van der Waals surface area (Å²) in [6.07, 6.45) is 8.24.